The van der Waals surface area contributed by atoms with Crippen LogP contribution in [0.15, 0.2) is 53.3 Å². The fourth-order valence-corrected chi connectivity index (χ4v) is 6.09. The Morgan fingerprint density at radius 3 is 2.60 bits per heavy atom. The maximum absolute atomic E-state index is 15.3. The predicted molar refractivity (Wildman–Crippen MR) is 154 cm³/mol. The van der Waals surface area contributed by atoms with E-state index in [1.54, 1.807) is 16.8 Å². The predicted octanol–water partition coefficient (Wildman–Crippen LogP) is 5.08. The number of halogens is 2. The lowest BCUT2D eigenvalue weighted by molar-refractivity contribution is -0.119. The van der Waals surface area contributed by atoms with Gasteiger partial charge in [0.25, 0.3) is 5.91 Å². The number of carbonyl (C=O) groups excluding carboxylic acids is 2. The minimum absolute atomic E-state index is 0.0885. The van der Waals surface area contributed by atoms with E-state index in [4.69, 9.17) is 4.74 Å². The SMILES string of the molecule is CC1=NCC(C)=C1c1ncc(NC(=O)[C@@H](NC(=O)c2ccnn2C(C)C)C2c3ccc(F)cc3OCC23CC3)cc1F. The van der Waals surface area contributed by atoms with Gasteiger partial charge in [-0.05, 0) is 58.2 Å². The molecule has 9 nitrogen and oxygen atoms in total. The Morgan fingerprint density at radius 1 is 1.14 bits per heavy atom. The molecule has 0 saturated heterocycles. The van der Waals surface area contributed by atoms with E-state index in [1.807, 2.05) is 27.7 Å². The summed E-state index contributed by atoms with van der Waals surface area (Å²) in [6.45, 7) is 8.28. The third-order valence-corrected chi connectivity index (χ3v) is 8.36. The first kappa shape index (κ1) is 27.7. The molecule has 11 heteroatoms. The van der Waals surface area contributed by atoms with Gasteiger partial charge in [-0.25, -0.2) is 8.78 Å². The minimum Gasteiger partial charge on any atom is -0.493 e. The maximum atomic E-state index is 15.3. The van der Waals surface area contributed by atoms with Crippen molar-refractivity contribution in [1.29, 1.82) is 0 Å². The Kier molecular flexibility index (Phi) is 6.90. The molecule has 2 aromatic heterocycles. The number of nitrogens with one attached hydrogen (secondary N) is 2. The van der Waals surface area contributed by atoms with Crippen LogP contribution < -0.4 is 15.4 Å². The van der Waals surface area contributed by atoms with Gasteiger partial charge in [0.05, 0.1) is 25.0 Å². The molecule has 1 spiro atoms. The van der Waals surface area contributed by atoms with Crippen molar-refractivity contribution in [2.24, 2.45) is 10.4 Å². The summed E-state index contributed by atoms with van der Waals surface area (Å²) >= 11 is 0. The Labute approximate surface area is 242 Å². The van der Waals surface area contributed by atoms with Gasteiger partial charge >= 0.3 is 0 Å². The Bertz CT molecular complexity index is 1660. The molecule has 4 heterocycles. The molecule has 3 aromatic rings. The van der Waals surface area contributed by atoms with Gasteiger partial charge in [0.15, 0.2) is 5.82 Å². The minimum atomic E-state index is -1.08. The van der Waals surface area contributed by atoms with Gasteiger partial charge in [0.2, 0.25) is 5.91 Å². The number of ether oxygens (including phenoxy) is 1. The number of aliphatic imine (C=N–C) groups is 1. The van der Waals surface area contributed by atoms with Crippen LogP contribution in [-0.2, 0) is 4.79 Å². The summed E-state index contributed by atoms with van der Waals surface area (Å²) in [6.07, 6.45) is 4.48. The first-order chi connectivity index (χ1) is 20.1. The summed E-state index contributed by atoms with van der Waals surface area (Å²) in [7, 11) is 0. The van der Waals surface area contributed by atoms with Crippen molar-refractivity contribution in [3.8, 4) is 5.75 Å². The van der Waals surface area contributed by atoms with Crippen molar-refractivity contribution < 1.29 is 23.1 Å². The third kappa shape index (κ3) is 4.86. The number of benzene rings is 1. The zero-order valence-corrected chi connectivity index (χ0v) is 23.9. The van der Waals surface area contributed by atoms with Gasteiger partial charge in [-0.1, -0.05) is 6.07 Å². The van der Waals surface area contributed by atoms with Crippen LogP contribution in [0, 0.1) is 17.0 Å². The molecule has 1 saturated carbocycles. The molecule has 2 N–H and O–H groups in total. The second-order valence-corrected chi connectivity index (χ2v) is 11.6. The van der Waals surface area contributed by atoms with Crippen molar-refractivity contribution >= 4 is 28.8 Å². The van der Waals surface area contributed by atoms with Gasteiger partial charge in [-0.15, -0.1) is 0 Å². The molecule has 0 bridgehead atoms. The highest BCUT2D eigenvalue weighted by Crippen LogP contribution is 2.61. The number of hydrogen-bond donors (Lipinski definition) is 2. The molecular formula is C31H32F2N6O3. The number of allylic oxidation sites excluding steroid dienone is 1. The smallest absolute Gasteiger partial charge is 0.270 e. The summed E-state index contributed by atoms with van der Waals surface area (Å²) in [5.74, 6) is -2.25. The Hall–Kier alpha value is -4.41. The molecule has 2 aliphatic heterocycles. The highest BCUT2D eigenvalue weighted by molar-refractivity contribution is 6.24. The van der Waals surface area contributed by atoms with E-state index in [9.17, 15) is 14.0 Å². The standard InChI is InChI=1S/C31H32F2N6O3/c1-16(2)39-23(7-10-36-39)29(40)38-28(26-21-6-5-19(32)11-24(21)42-15-31(26)8-9-31)30(41)37-20-12-22(33)27(35-14-20)25-17(3)13-34-18(25)4/h5-7,10-12,14,16,26,28H,8-9,13,15H2,1-4H3,(H,37,41)(H,38,40)/t26?,28-/m0/s1. The summed E-state index contributed by atoms with van der Waals surface area (Å²) in [5, 5.41) is 9.96. The van der Waals surface area contributed by atoms with Crippen molar-refractivity contribution in [3.05, 3.63) is 76.9 Å². The van der Waals surface area contributed by atoms with Crippen LogP contribution in [0.2, 0.25) is 0 Å². The molecule has 1 aromatic carbocycles. The number of rotatable bonds is 7. The lowest BCUT2D eigenvalue weighted by Gasteiger charge is -2.38. The summed E-state index contributed by atoms with van der Waals surface area (Å²) in [5.41, 5.74) is 3.15. The molecule has 42 heavy (non-hydrogen) atoms. The van der Waals surface area contributed by atoms with E-state index < -0.39 is 40.8 Å². The van der Waals surface area contributed by atoms with E-state index in [0.717, 1.165) is 18.4 Å². The average molecular weight is 575 g/mol. The van der Waals surface area contributed by atoms with E-state index >= 15 is 4.39 Å². The van der Waals surface area contributed by atoms with Gasteiger partial charge in [0, 0.05) is 52.6 Å². The van der Waals surface area contributed by atoms with Crippen LogP contribution in [-0.4, -0.2) is 51.5 Å². The van der Waals surface area contributed by atoms with Crippen molar-refractivity contribution in [3.63, 3.8) is 0 Å². The summed E-state index contributed by atoms with van der Waals surface area (Å²) in [4.78, 5) is 36.3. The number of aromatic nitrogens is 3. The number of carbonyl (C=O) groups is 2. The number of pyridine rings is 1. The fourth-order valence-electron chi connectivity index (χ4n) is 6.09. The molecule has 0 radical (unpaired) electrons. The van der Waals surface area contributed by atoms with E-state index in [2.05, 4.69) is 25.7 Å². The molecule has 1 aliphatic carbocycles. The molecule has 3 aliphatic rings. The zero-order valence-electron chi connectivity index (χ0n) is 23.9. The van der Waals surface area contributed by atoms with Gasteiger partial charge in [0.1, 0.15) is 29.0 Å². The fraction of sp³-hybridized carbons (Fsp3) is 0.387. The quantitative estimate of drug-likeness (QED) is 0.409. The van der Waals surface area contributed by atoms with Crippen molar-refractivity contribution in [2.75, 3.05) is 18.5 Å². The van der Waals surface area contributed by atoms with E-state index in [0.29, 0.717) is 34.8 Å². The normalized spacial score (nSPS) is 19.3. The van der Waals surface area contributed by atoms with Crippen molar-refractivity contribution in [1.82, 2.24) is 20.1 Å². The van der Waals surface area contributed by atoms with Crippen LogP contribution in [0.5, 0.6) is 5.75 Å². The number of anilines is 1. The van der Waals surface area contributed by atoms with E-state index in [1.165, 1.54) is 30.6 Å². The molecule has 2 atom stereocenters. The number of nitrogens with zero attached hydrogens (tertiary/aromatic N) is 4. The number of amides is 2. The number of fused-ring (bicyclic) bond motifs is 1. The first-order valence-corrected chi connectivity index (χ1v) is 14.0. The van der Waals surface area contributed by atoms with Crippen LogP contribution in [0.3, 0.4) is 0 Å². The summed E-state index contributed by atoms with van der Waals surface area (Å²) < 4.78 is 36.9. The Balaban J connectivity index is 1.35. The van der Waals surface area contributed by atoms with Gasteiger partial charge in [-0.3, -0.25) is 24.2 Å². The molecule has 6 rings (SSSR count). The highest BCUT2D eigenvalue weighted by atomic mass is 19.1. The van der Waals surface area contributed by atoms with Crippen LogP contribution in [0.1, 0.15) is 74.2 Å². The van der Waals surface area contributed by atoms with Crippen LogP contribution >= 0.6 is 0 Å². The largest absolute Gasteiger partial charge is 0.493 e. The molecule has 218 valence electrons. The monoisotopic (exact) mass is 574 g/mol. The lowest BCUT2D eigenvalue weighted by atomic mass is 9.76. The summed E-state index contributed by atoms with van der Waals surface area (Å²) in [6, 6.07) is 5.87. The molecule has 1 fully saturated rings. The first-order valence-electron chi connectivity index (χ1n) is 14.0. The zero-order chi connectivity index (χ0) is 29.8. The lowest BCUT2D eigenvalue weighted by Crippen LogP contribution is -2.52. The Morgan fingerprint density at radius 2 is 1.93 bits per heavy atom. The third-order valence-electron chi connectivity index (χ3n) is 8.36. The average Bonchev–Trinajstić information content (AvgIpc) is 3.37. The van der Waals surface area contributed by atoms with Crippen LogP contribution in [0.4, 0.5) is 14.5 Å². The number of hydrogen-bond acceptors (Lipinski definition) is 6. The molecule has 1 unspecified atom stereocenters. The van der Waals surface area contributed by atoms with Gasteiger partial charge in [-0.2, -0.15) is 5.10 Å². The topological polar surface area (TPSA) is 110 Å². The second-order valence-electron chi connectivity index (χ2n) is 11.6. The highest BCUT2D eigenvalue weighted by Gasteiger charge is 2.58. The van der Waals surface area contributed by atoms with Gasteiger partial charge < -0.3 is 15.4 Å². The van der Waals surface area contributed by atoms with Crippen LogP contribution in [0.25, 0.3) is 5.57 Å². The molecular weight excluding hydrogens is 542 g/mol. The second kappa shape index (κ2) is 10.5. The van der Waals surface area contributed by atoms with Crippen molar-refractivity contribution in [2.45, 2.75) is 58.5 Å². The molecule has 2 amide bonds. The van der Waals surface area contributed by atoms with E-state index in [-0.39, 0.29) is 24.0 Å². The maximum Gasteiger partial charge on any atom is 0.270 e.